The summed E-state index contributed by atoms with van der Waals surface area (Å²) in [6.45, 7) is 5.26. The van der Waals surface area contributed by atoms with Crippen LogP contribution in [0.5, 0.6) is 0 Å². The average molecular weight is 285 g/mol. The quantitative estimate of drug-likeness (QED) is 0.812. The highest BCUT2D eigenvalue weighted by atomic mass is 16.6. The van der Waals surface area contributed by atoms with Crippen LogP contribution in [0.1, 0.15) is 65.7 Å². The van der Waals surface area contributed by atoms with Crippen LogP contribution in [0.15, 0.2) is 0 Å². The maximum absolute atomic E-state index is 11.6. The SMILES string of the molecule is CC(C)(C)OC(=O)NC(CCC1CCCCC1)C(=O)O. The van der Waals surface area contributed by atoms with Crippen LogP contribution in [0.2, 0.25) is 0 Å². The van der Waals surface area contributed by atoms with Crippen molar-refractivity contribution in [2.75, 3.05) is 0 Å². The first-order chi connectivity index (χ1) is 9.28. The molecule has 0 saturated heterocycles. The Morgan fingerprint density at radius 3 is 2.35 bits per heavy atom. The number of carbonyl (C=O) groups excluding carboxylic acids is 1. The molecule has 5 nitrogen and oxygen atoms in total. The first-order valence-corrected chi connectivity index (χ1v) is 7.50. The summed E-state index contributed by atoms with van der Waals surface area (Å²) in [5.41, 5.74) is -0.615. The van der Waals surface area contributed by atoms with Crippen LogP contribution in [0.3, 0.4) is 0 Å². The van der Waals surface area contributed by atoms with E-state index in [1.54, 1.807) is 20.8 Å². The third kappa shape index (κ3) is 6.78. The van der Waals surface area contributed by atoms with Gasteiger partial charge in [-0.25, -0.2) is 9.59 Å². The summed E-state index contributed by atoms with van der Waals surface area (Å²) < 4.78 is 5.10. The van der Waals surface area contributed by atoms with E-state index in [9.17, 15) is 14.7 Å². The topological polar surface area (TPSA) is 75.6 Å². The summed E-state index contributed by atoms with van der Waals surface area (Å²) >= 11 is 0. The fraction of sp³-hybridized carbons (Fsp3) is 0.867. The monoisotopic (exact) mass is 285 g/mol. The lowest BCUT2D eigenvalue weighted by Gasteiger charge is -2.24. The molecule has 1 unspecified atom stereocenters. The fourth-order valence-electron chi connectivity index (χ4n) is 2.59. The number of hydrogen-bond acceptors (Lipinski definition) is 3. The molecule has 116 valence electrons. The lowest BCUT2D eigenvalue weighted by Crippen LogP contribution is -2.43. The van der Waals surface area contributed by atoms with Gasteiger partial charge in [0, 0.05) is 0 Å². The van der Waals surface area contributed by atoms with E-state index in [0.29, 0.717) is 12.3 Å². The lowest BCUT2D eigenvalue weighted by molar-refractivity contribution is -0.139. The Labute approximate surface area is 121 Å². The molecule has 20 heavy (non-hydrogen) atoms. The predicted octanol–water partition coefficient (Wildman–Crippen LogP) is 3.32. The molecule has 0 aliphatic heterocycles. The molecule has 0 aromatic rings. The Hall–Kier alpha value is -1.26. The fourth-order valence-corrected chi connectivity index (χ4v) is 2.59. The van der Waals surface area contributed by atoms with Crippen molar-refractivity contribution in [3.05, 3.63) is 0 Å². The normalized spacial score (nSPS) is 18.4. The number of carboxylic acid groups (broad SMARTS) is 1. The van der Waals surface area contributed by atoms with Gasteiger partial charge in [0.15, 0.2) is 0 Å². The molecule has 2 N–H and O–H groups in total. The molecule has 0 aromatic heterocycles. The van der Waals surface area contributed by atoms with Crippen molar-refractivity contribution in [3.8, 4) is 0 Å². The number of hydrogen-bond donors (Lipinski definition) is 2. The van der Waals surface area contributed by atoms with Crippen molar-refractivity contribution in [1.82, 2.24) is 5.32 Å². The van der Waals surface area contributed by atoms with Gasteiger partial charge < -0.3 is 15.2 Å². The van der Waals surface area contributed by atoms with E-state index in [1.165, 1.54) is 32.1 Å². The van der Waals surface area contributed by atoms with Crippen molar-refractivity contribution < 1.29 is 19.4 Å². The van der Waals surface area contributed by atoms with Crippen molar-refractivity contribution in [3.63, 3.8) is 0 Å². The largest absolute Gasteiger partial charge is 0.480 e. The standard InChI is InChI=1S/C15H27NO4/c1-15(2,3)20-14(19)16-12(13(17)18)10-9-11-7-5-4-6-8-11/h11-12H,4-10H2,1-3H3,(H,16,19)(H,17,18). The summed E-state index contributed by atoms with van der Waals surface area (Å²) in [6.07, 6.45) is 6.79. The highest BCUT2D eigenvalue weighted by Gasteiger charge is 2.25. The van der Waals surface area contributed by atoms with E-state index < -0.39 is 23.7 Å². The van der Waals surface area contributed by atoms with E-state index in [2.05, 4.69) is 5.32 Å². The van der Waals surface area contributed by atoms with Crippen molar-refractivity contribution in [2.45, 2.75) is 77.4 Å². The average Bonchev–Trinajstić information content (AvgIpc) is 2.33. The van der Waals surface area contributed by atoms with Crippen LogP contribution in [-0.2, 0) is 9.53 Å². The number of nitrogens with one attached hydrogen (secondary N) is 1. The van der Waals surface area contributed by atoms with Gasteiger partial charge in [0.1, 0.15) is 11.6 Å². The second-order valence-corrected chi connectivity index (χ2v) is 6.62. The zero-order chi connectivity index (χ0) is 15.2. The maximum Gasteiger partial charge on any atom is 0.408 e. The number of aliphatic carboxylic acids is 1. The van der Waals surface area contributed by atoms with Crippen molar-refractivity contribution in [1.29, 1.82) is 0 Å². The third-order valence-corrected chi connectivity index (χ3v) is 3.58. The summed E-state index contributed by atoms with van der Waals surface area (Å²) in [4.78, 5) is 22.8. The molecule has 0 spiro atoms. The minimum absolute atomic E-state index is 0.471. The van der Waals surface area contributed by atoms with Crippen LogP contribution >= 0.6 is 0 Å². The van der Waals surface area contributed by atoms with Gasteiger partial charge >= 0.3 is 12.1 Å². The molecule has 1 saturated carbocycles. The smallest absolute Gasteiger partial charge is 0.408 e. The van der Waals surface area contributed by atoms with Gasteiger partial charge in [-0.2, -0.15) is 0 Å². The van der Waals surface area contributed by atoms with Gasteiger partial charge in [0.2, 0.25) is 0 Å². The van der Waals surface area contributed by atoms with Crippen LogP contribution < -0.4 is 5.32 Å². The number of carbonyl (C=O) groups is 2. The zero-order valence-electron chi connectivity index (χ0n) is 12.8. The molecule has 1 aliphatic rings. The van der Waals surface area contributed by atoms with Crippen molar-refractivity contribution in [2.24, 2.45) is 5.92 Å². The van der Waals surface area contributed by atoms with E-state index in [0.717, 1.165) is 6.42 Å². The molecule has 0 radical (unpaired) electrons. The van der Waals surface area contributed by atoms with Gasteiger partial charge in [0.25, 0.3) is 0 Å². The predicted molar refractivity (Wildman–Crippen MR) is 76.6 cm³/mol. The first kappa shape index (κ1) is 16.8. The van der Waals surface area contributed by atoms with Crippen molar-refractivity contribution >= 4 is 12.1 Å². The Bertz CT molecular complexity index is 329. The number of alkyl carbamates (subject to hydrolysis) is 1. The molecule has 1 rings (SSSR count). The van der Waals surface area contributed by atoms with E-state index in [-0.39, 0.29) is 0 Å². The van der Waals surface area contributed by atoms with Gasteiger partial charge in [-0.3, -0.25) is 0 Å². The summed E-state index contributed by atoms with van der Waals surface area (Å²) in [7, 11) is 0. The molecular formula is C15H27NO4. The summed E-state index contributed by atoms with van der Waals surface area (Å²) in [6, 6.07) is -0.855. The zero-order valence-corrected chi connectivity index (χ0v) is 12.8. The third-order valence-electron chi connectivity index (χ3n) is 3.58. The Kier molecular flexibility index (Phi) is 6.30. The number of carboxylic acids is 1. The van der Waals surface area contributed by atoms with Gasteiger partial charge in [-0.05, 0) is 39.5 Å². The first-order valence-electron chi connectivity index (χ1n) is 7.50. The van der Waals surface area contributed by atoms with Crippen LogP contribution in [0, 0.1) is 5.92 Å². The molecule has 0 bridgehead atoms. The van der Waals surface area contributed by atoms with E-state index in [1.807, 2.05) is 0 Å². The lowest BCUT2D eigenvalue weighted by atomic mass is 9.85. The second-order valence-electron chi connectivity index (χ2n) is 6.62. The van der Waals surface area contributed by atoms with Crippen LogP contribution in [-0.4, -0.2) is 28.8 Å². The van der Waals surface area contributed by atoms with E-state index in [4.69, 9.17) is 4.74 Å². The van der Waals surface area contributed by atoms with Crippen LogP contribution in [0.4, 0.5) is 4.79 Å². The Balaban J connectivity index is 2.39. The highest BCUT2D eigenvalue weighted by molar-refractivity contribution is 5.79. The number of ether oxygens (including phenoxy) is 1. The summed E-state index contributed by atoms with van der Waals surface area (Å²) in [5, 5.41) is 11.6. The van der Waals surface area contributed by atoms with Gasteiger partial charge in [0.05, 0.1) is 0 Å². The van der Waals surface area contributed by atoms with Gasteiger partial charge in [-0.15, -0.1) is 0 Å². The minimum Gasteiger partial charge on any atom is -0.480 e. The Morgan fingerprint density at radius 1 is 1.25 bits per heavy atom. The maximum atomic E-state index is 11.6. The minimum atomic E-state index is -0.994. The molecule has 1 amide bonds. The number of amides is 1. The van der Waals surface area contributed by atoms with Gasteiger partial charge in [-0.1, -0.05) is 32.1 Å². The van der Waals surface area contributed by atoms with E-state index >= 15 is 0 Å². The Morgan fingerprint density at radius 2 is 1.85 bits per heavy atom. The molecule has 1 atom stereocenters. The van der Waals surface area contributed by atoms with Crippen LogP contribution in [0.25, 0.3) is 0 Å². The molecular weight excluding hydrogens is 258 g/mol. The molecule has 1 fully saturated rings. The number of rotatable bonds is 5. The second kappa shape index (κ2) is 7.50. The highest BCUT2D eigenvalue weighted by Crippen LogP contribution is 2.27. The molecule has 0 aromatic carbocycles. The molecule has 5 heteroatoms. The molecule has 0 heterocycles. The molecule has 1 aliphatic carbocycles. The summed E-state index contributed by atoms with van der Waals surface area (Å²) in [5.74, 6) is -0.391.